The maximum Gasteiger partial charge on any atom is 0.165 e. The van der Waals surface area contributed by atoms with Gasteiger partial charge in [-0.2, -0.15) is 0 Å². The molecule has 1 atom stereocenters. The molecule has 0 aliphatic rings. The molecule has 0 unspecified atom stereocenters. The average molecular weight is 221 g/mol. The zero-order chi connectivity index (χ0) is 9.84. The van der Waals surface area contributed by atoms with Gasteiger partial charge in [-0.05, 0) is 30.7 Å². The van der Waals surface area contributed by atoms with Crippen molar-refractivity contribution >= 4 is 12.4 Å². The van der Waals surface area contributed by atoms with E-state index in [2.05, 4.69) is 0 Å². The lowest BCUT2D eigenvalue weighted by Gasteiger charge is -2.10. The topological polar surface area (TPSA) is 72.3 Å². The number of benzene rings is 1. The van der Waals surface area contributed by atoms with E-state index in [0.29, 0.717) is 18.5 Å². The lowest BCUT2D eigenvalue weighted by Crippen LogP contribution is -2.15. The smallest absolute Gasteiger partial charge is 0.165 e. The Bertz CT molecular complexity index is 296. The van der Waals surface area contributed by atoms with Crippen LogP contribution in [0.1, 0.15) is 18.0 Å². The van der Waals surface area contributed by atoms with Crippen molar-refractivity contribution in [1.29, 1.82) is 0 Å². The number of phenols is 1. The molecule has 5 heteroatoms. The van der Waals surface area contributed by atoms with E-state index in [1.165, 1.54) is 12.1 Å². The monoisotopic (exact) mass is 220 g/mol. The first-order valence-corrected chi connectivity index (χ1v) is 4.09. The molecule has 0 amide bonds. The van der Waals surface area contributed by atoms with Crippen LogP contribution in [0.4, 0.5) is 4.39 Å². The fraction of sp³-hybridized carbons (Fsp3) is 0.333. The van der Waals surface area contributed by atoms with Crippen molar-refractivity contribution in [2.24, 2.45) is 11.5 Å². The SMILES string of the molecule is Cl.NCC[C@H](N)c1ccc(O)c(F)c1. The summed E-state index contributed by atoms with van der Waals surface area (Å²) in [4.78, 5) is 0. The van der Waals surface area contributed by atoms with Gasteiger partial charge in [0.25, 0.3) is 0 Å². The first kappa shape index (κ1) is 13.2. The van der Waals surface area contributed by atoms with Crippen molar-refractivity contribution in [3.63, 3.8) is 0 Å². The highest BCUT2D eigenvalue weighted by Crippen LogP contribution is 2.20. The number of rotatable bonds is 3. The van der Waals surface area contributed by atoms with Gasteiger partial charge >= 0.3 is 0 Å². The number of phenolic OH excluding ortho intramolecular Hbond substituents is 1. The molecule has 0 spiro atoms. The van der Waals surface area contributed by atoms with E-state index in [1.54, 1.807) is 6.07 Å². The van der Waals surface area contributed by atoms with Crippen LogP contribution in [-0.2, 0) is 0 Å². The third kappa shape index (κ3) is 3.14. The van der Waals surface area contributed by atoms with Gasteiger partial charge < -0.3 is 16.6 Å². The Balaban J connectivity index is 0.00000169. The molecule has 1 rings (SSSR count). The zero-order valence-corrected chi connectivity index (χ0v) is 8.43. The lowest BCUT2D eigenvalue weighted by atomic mass is 10.0. The summed E-state index contributed by atoms with van der Waals surface area (Å²) in [6.07, 6.45) is 0.601. The fourth-order valence-electron chi connectivity index (χ4n) is 1.10. The van der Waals surface area contributed by atoms with E-state index in [4.69, 9.17) is 16.6 Å². The summed E-state index contributed by atoms with van der Waals surface area (Å²) in [7, 11) is 0. The Morgan fingerprint density at radius 1 is 1.43 bits per heavy atom. The molecule has 14 heavy (non-hydrogen) atoms. The quantitative estimate of drug-likeness (QED) is 0.719. The Hall–Kier alpha value is -0.840. The van der Waals surface area contributed by atoms with Crippen molar-refractivity contribution in [3.8, 4) is 5.75 Å². The van der Waals surface area contributed by atoms with Crippen molar-refractivity contribution in [2.75, 3.05) is 6.54 Å². The van der Waals surface area contributed by atoms with Gasteiger partial charge in [-0.1, -0.05) is 6.07 Å². The number of aromatic hydroxyl groups is 1. The number of hydrogen-bond acceptors (Lipinski definition) is 3. The average Bonchev–Trinajstić information content (AvgIpc) is 2.10. The Morgan fingerprint density at radius 2 is 2.07 bits per heavy atom. The lowest BCUT2D eigenvalue weighted by molar-refractivity contribution is 0.431. The second-order valence-electron chi connectivity index (χ2n) is 2.89. The summed E-state index contributed by atoms with van der Waals surface area (Å²) in [5.74, 6) is -1.01. The third-order valence-corrected chi connectivity index (χ3v) is 1.88. The van der Waals surface area contributed by atoms with Crippen LogP contribution < -0.4 is 11.5 Å². The normalized spacial score (nSPS) is 11.9. The van der Waals surface area contributed by atoms with Crippen LogP contribution in [0.3, 0.4) is 0 Å². The van der Waals surface area contributed by atoms with Gasteiger partial charge in [0.05, 0.1) is 0 Å². The fourth-order valence-corrected chi connectivity index (χ4v) is 1.10. The highest BCUT2D eigenvalue weighted by atomic mass is 35.5. The molecule has 1 aromatic rings. The van der Waals surface area contributed by atoms with Crippen LogP contribution in [0.25, 0.3) is 0 Å². The Labute approximate surface area is 88.3 Å². The molecular weight excluding hydrogens is 207 g/mol. The van der Waals surface area contributed by atoms with Crippen LogP contribution in [0, 0.1) is 5.82 Å². The minimum atomic E-state index is -0.648. The van der Waals surface area contributed by atoms with Gasteiger partial charge in [0, 0.05) is 6.04 Å². The molecule has 1 aromatic carbocycles. The van der Waals surface area contributed by atoms with Crippen molar-refractivity contribution < 1.29 is 9.50 Å². The zero-order valence-electron chi connectivity index (χ0n) is 7.61. The summed E-state index contributed by atoms with van der Waals surface area (Å²) in [6.45, 7) is 0.462. The van der Waals surface area contributed by atoms with E-state index >= 15 is 0 Å². The molecule has 0 bridgehead atoms. The molecule has 0 saturated carbocycles. The largest absolute Gasteiger partial charge is 0.505 e. The van der Waals surface area contributed by atoms with Crippen LogP contribution in [0.15, 0.2) is 18.2 Å². The van der Waals surface area contributed by atoms with Gasteiger partial charge in [0.15, 0.2) is 11.6 Å². The van der Waals surface area contributed by atoms with Gasteiger partial charge in [-0.25, -0.2) is 4.39 Å². The number of halogens is 2. The van der Waals surface area contributed by atoms with Crippen LogP contribution in [-0.4, -0.2) is 11.7 Å². The second kappa shape index (κ2) is 5.80. The predicted octanol–water partition coefficient (Wildman–Crippen LogP) is 1.30. The molecular formula is C9H14ClFN2O. The summed E-state index contributed by atoms with van der Waals surface area (Å²) in [5.41, 5.74) is 11.7. The maximum absolute atomic E-state index is 12.8. The summed E-state index contributed by atoms with van der Waals surface area (Å²) < 4.78 is 12.8. The van der Waals surface area contributed by atoms with Crippen molar-refractivity contribution in [3.05, 3.63) is 29.6 Å². The van der Waals surface area contributed by atoms with E-state index in [-0.39, 0.29) is 24.2 Å². The van der Waals surface area contributed by atoms with E-state index < -0.39 is 5.82 Å². The molecule has 0 aliphatic heterocycles. The van der Waals surface area contributed by atoms with Gasteiger partial charge in [-0.15, -0.1) is 12.4 Å². The number of nitrogens with two attached hydrogens (primary N) is 2. The highest BCUT2D eigenvalue weighted by molar-refractivity contribution is 5.85. The second-order valence-corrected chi connectivity index (χ2v) is 2.89. The number of hydrogen-bond donors (Lipinski definition) is 3. The van der Waals surface area contributed by atoms with Gasteiger partial charge in [0.2, 0.25) is 0 Å². The minimum absolute atomic E-state index is 0. The molecule has 0 aromatic heterocycles. The van der Waals surface area contributed by atoms with Crippen molar-refractivity contribution in [1.82, 2.24) is 0 Å². The summed E-state index contributed by atoms with van der Waals surface area (Å²) in [5, 5.41) is 8.91. The van der Waals surface area contributed by atoms with E-state index in [0.717, 1.165) is 0 Å². The molecule has 3 nitrogen and oxygen atoms in total. The van der Waals surface area contributed by atoms with Crippen LogP contribution in [0.5, 0.6) is 5.75 Å². The molecule has 0 radical (unpaired) electrons. The maximum atomic E-state index is 12.8. The first-order chi connectivity index (χ1) is 6.15. The molecule has 0 aliphatic carbocycles. The van der Waals surface area contributed by atoms with Gasteiger partial charge in [0.1, 0.15) is 0 Å². The van der Waals surface area contributed by atoms with Crippen molar-refractivity contribution in [2.45, 2.75) is 12.5 Å². The molecule has 0 saturated heterocycles. The van der Waals surface area contributed by atoms with Crippen LogP contribution >= 0.6 is 12.4 Å². The first-order valence-electron chi connectivity index (χ1n) is 4.09. The molecule has 5 N–H and O–H groups in total. The summed E-state index contributed by atoms with van der Waals surface area (Å²) >= 11 is 0. The van der Waals surface area contributed by atoms with Crippen LogP contribution in [0.2, 0.25) is 0 Å². The van der Waals surface area contributed by atoms with E-state index in [1.807, 2.05) is 0 Å². The highest BCUT2D eigenvalue weighted by Gasteiger charge is 2.07. The third-order valence-electron chi connectivity index (χ3n) is 1.88. The van der Waals surface area contributed by atoms with E-state index in [9.17, 15) is 4.39 Å². The van der Waals surface area contributed by atoms with Gasteiger partial charge in [-0.3, -0.25) is 0 Å². The molecule has 0 heterocycles. The Kier molecular flexibility index (Phi) is 5.45. The minimum Gasteiger partial charge on any atom is -0.505 e. The Morgan fingerprint density at radius 3 is 2.57 bits per heavy atom. The summed E-state index contributed by atoms with van der Waals surface area (Å²) in [6, 6.07) is 3.86. The molecule has 0 fully saturated rings. The molecule has 80 valence electrons. The predicted molar refractivity (Wildman–Crippen MR) is 55.9 cm³/mol. The standard InChI is InChI=1S/C9H13FN2O.ClH/c10-7-5-6(1-2-9(7)13)8(12)3-4-11;/h1-2,5,8,13H,3-4,11-12H2;1H/t8-;/m0./s1.